The smallest absolute Gasteiger partial charge is 0.238 e. The Morgan fingerprint density at radius 1 is 0.360 bits per heavy atom. The van der Waals surface area contributed by atoms with Crippen LogP contribution in [0.1, 0.15) is 0 Å². The lowest BCUT2D eigenvalue weighted by Crippen LogP contribution is -2.07. The molecule has 0 aliphatic carbocycles. The summed E-state index contributed by atoms with van der Waals surface area (Å²) < 4.78 is 8.90. The van der Waals surface area contributed by atoms with Gasteiger partial charge in [-0.15, -0.1) is 0 Å². The zero-order valence-electron chi connectivity index (χ0n) is 26.9. The number of hydrogen-bond donors (Lipinski definition) is 0. The van der Waals surface area contributed by atoms with Crippen LogP contribution >= 0.6 is 0 Å². The maximum atomic E-state index is 6.71. The van der Waals surface area contributed by atoms with E-state index in [1.54, 1.807) is 0 Å². The highest BCUT2D eigenvalue weighted by Gasteiger charge is 2.24. The first-order chi connectivity index (χ1) is 24.8. The highest BCUT2D eigenvalue weighted by atomic mass is 16.3. The molecule has 0 radical (unpaired) electrons. The second kappa shape index (κ2) is 11.4. The lowest BCUT2D eigenvalue weighted by molar-refractivity contribution is 0.670. The number of rotatable bonds is 5. The molecule has 10 rings (SSSR count). The summed E-state index contributed by atoms with van der Waals surface area (Å²) in [6.45, 7) is 0. The van der Waals surface area contributed by atoms with Crippen LogP contribution in [0, 0.1) is 0 Å². The first-order valence-electron chi connectivity index (χ1n) is 16.7. The molecule has 0 unspecified atom stereocenters. The van der Waals surface area contributed by atoms with Gasteiger partial charge in [0.05, 0.1) is 5.52 Å². The molecule has 0 aliphatic rings. The molecule has 5 heteroatoms. The van der Waals surface area contributed by atoms with E-state index in [1.807, 2.05) is 78.9 Å². The van der Waals surface area contributed by atoms with E-state index >= 15 is 0 Å². The van der Waals surface area contributed by atoms with Crippen LogP contribution in [0.4, 0.5) is 0 Å². The van der Waals surface area contributed by atoms with E-state index in [9.17, 15) is 0 Å². The average molecular weight is 641 g/mol. The van der Waals surface area contributed by atoms with Gasteiger partial charge in [0.1, 0.15) is 11.1 Å². The number of para-hydroxylation sites is 2. The first-order valence-corrected chi connectivity index (χ1v) is 16.7. The maximum Gasteiger partial charge on any atom is 0.238 e. The molecule has 0 spiro atoms. The second-order valence-electron chi connectivity index (χ2n) is 12.4. The van der Waals surface area contributed by atoms with E-state index in [1.165, 1.54) is 11.1 Å². The lowest BCUT2D eigenvalue weighted by Gasteiger charge is -2.13. The number of furan rings is 1. The van der Waals surface area contributed by atoms with E-state index in [4.69, 9.17) is 19.4 Å². The fourth-order valence-corrected chi connectivity index (χ4v) is 7.13. The predicted octanol–water partition coefficient (Wildman–Crippen LogP) is 11.5. The van der Waals surface area contributed by atoms with E-state index < -0.39 is 0 Å². The topological polar surface area (TPSA) is 56.7 Å². The van der Waals surface area contributed by atoms with E-state index in [2.05, 4.69) is 95.6 Å². The molecule has 0 amide bonds. The van der Waals surface area contributed by atoms with E-state index in [0.29, 0.717) is 17.6 Å². The van der Waals surface area contributed by atoms with Crippen molar-refractivity contribution in [2.75, 3.05) is 0 Å². The molecule has 0 fully saturated rings. The minimum Gasteiger partial charge on any atom is -0.454 e. The molecule has 3 aromatic heterocycles. The molecule has 0 atom stereocenters. The van der Waals surface area contributed by atoms with Gasteiger partial charge in [0.15, 0.2) is 17.2 Å². The molecular formula is C45H28N4O. The van der Waals surface area contributed by atoms with Crippen molar-refractivity contribution in [3.63, 3.8) is 0 Å². The highest BCUT2D eigenvalue weighted by molar-refractivity contribution is 6.23. The normalized spacial score (nSPS) is 11.6. The van der Waals surface area contributed by atoms with Gasteiger partial charge in [0.25, 0.3) is 0 Å². The fraction of sp³-hybridized carbons (Fsp3) is 0. The Balaban J connectivity index is 1.32. The Morgan fingerprint density at radius 3 is 1.56 bits per heavy atom. The molecule has 0 saturated carbocycles. The Kier molecular flexibility index (Phi) is 6.42. The monoisotopic (exact) mass is 640 g/mol. The van der Waals surface area contributed by atoms with Crippen LogP contribution in [0.3, 0.4) is 0 Å². The fourth-order valence-electron chi connectivity index (χ4n) is 7.13. The molecule has 10 aromatic rings. The minimum atomic E-state index is 0.527. The van der Waals surface area contributed by atoms with Gasteiger partial charge in [-0.2, -0.15) is 9.97 Å². The summed E-state index contributed by atoms with van der Waals surface area (Å²) in [6, 6.07) is 58.6. The van der Waals surface area contributed by atoms with Crippen molar-refractivity contribution in [3.8, 4) is 51.0 Å². The van der Waals surface area contributed by atoms with Crippen LogP contribution in [0.25, 0.3) is 94.7 Å². The molecule has 0 N–H and O–H groups in total. The van der Waals surface area contributed by atoms with Crippen LogP contribution in [0.5, 0.6) is 0 Å². The molecule has 3 heterocycles. The number of hydrogen-bond acceptors (Lipinski definition) is 4. The minimum absolute atomic E-state index is 0.527. The van der Waals surface area contributed by atoms with Gasteiger partial charge in [0.2, 0.25) is 5.95 Å². The van der Waals surface area contributed by atoms with Crippen LogP contribution < -0.4 is 0 Å². The second-order valence-corrected chi connectivity index (χ2v) is 12.4. The summed E-state index contributed by atoms with van der Waals surface area (Å²) in [4.78, 5) is 15.4. The van der Waals surface area contributed by atoms with E-state index in [-0.39, 0.29) is 0 Å². The van der Waals surface area contributed by atoms with Crippen molar-refractivity contribution in [1.29, 1.82) is 0 Å². The summed E-state index contributed by atoms with van der Waals surface area (Å²) in [5, 5.41) is 4.28. The Hall–Kier alpha value is -6.85. The van der Waals surface area contributed by atoms with Gasteiger partial charge < -0.3 is 4.42 Å². The number of benzene rings is 7. The Morgan fingerprint density at radius 2 is 0.880 bits per heavy atom. The molecule has 7 aromatic carbocycles. The van der Waals surface area contributed by atoms with Gasteiger partial charge >= 0.3 is 0 Å². The van der Waals surface area contributed by atoms with Crippen molar-refractivity contribution < 1.29 is 4.42 Å². The van der Waals surface area contributed by atoms with Gasteiger partial charge in [-0.3, -0.25) is 4.57 Å². The van der Waals surface area contributed by atoms with E-state index in [0.717, 1.165) is 66.0 Å². The summed E-state index contributed by atoms with van der Waals surface area (Å²) >= 11 is 0. The van der Waals surface area contributed by atoms with Gasteiger partial charge in [-0.05, 0) is 28.8 Å². The number of nitrogens with zero attached hydrogens (tertiary/aromatic N) is 4. The zero-order chi connectivity index (χ0) is 33.0. The molecule has 50 heavy (non-hydrogen) atoms. The maximum absolute atomic E-state index is 6.71. The lowest BCUT2D eigenvalue weighted by atomic mass is 9.98. The SMILES string of the molecule is c1ccc(-c2ccc(-c3cccc4c5ccc6c7ccccc7oc6c5n(-c5nc(-c6ccccc6)nc(-c6ccccc6)n5)c34)cc2)cc1. The zero-order valence-corrected chi connectivity index (χ0v) is 26.9. The summed E-state index contributed by atoms with van der Waals surface area (Å²) in [7, 11) is 0. The van der Waals surface area contributed by atoms with Crippen LogP contribution in [0.2, 0.25) is 0 Å². The van der Waals surface area contributed by atoms with Crippen molar-refractivity contribution in [1.82, 2.24) is 19.5 Å². The summed E-state index contributed by atoms with van der Waals surface area (Å²) in [6.07, 6.45) is 0. The highest BCUT2D eigenvalue weighted by Crippen LogP contribution is 2.43. The quantitative estimate of drug-likeness (QED) is 0.188. The third-order valence-electron chi connectivity index (χ3n) is 9.48. The van der Waals surface area contributed by atoms with Crippen LogP contribution in [-0.2, 0) is 0 Å². The predicted molar refractivity (Wildman–Crippen MR) is 203 cm³/mol. The molecule has 5 nitrogen and oxygen atoms in total. The van der Waals surface area contributed by atoms with Crippen molar-refractivity contribution in [2.45, 2.75) is 0 Å². The molecular weight excluding hydrogens is 613 g/mol. The van der Waals surface area contributed by atoms with Crippen LogP contribution in [0.15, 0.2) is 174 Å². The van der Waals surface area contributed by atoms with Crippen molar-refractivity contribution >= 4 is 43.7 Å². The largest absolute Gasteiger partial charge is 0.454 e. The molecule has 0 bridgehead atoms. The van der Waals surface area contributed by atoms with Gasteiger partial charge in [-0.1, -0.05) is 158 Å². The third kappa shape index (κ3) is 4.52. The molecule has 0 saturated heterocycles. The first kappa shape index (κ1) is 28.2. The van der Waals surface area contributed by atoms with Gasteiger partial charge in [-0.25, -0.2) is 4.98 Å². The van der Waals surface area contributed by atoms with Crippen LogP contribution in [-0.4, -0.2) is 19.5 Å². The van der Waals surface area contributed by atoms with Gasteiger partial charge in [0, 0.05) is 38.2 Å². The Bertz CT molecular complexity index is 2780. The number of aromatic nitrogens is 4. The Labute approximate surface area is 287 Å². The third-order valence-corrected chi connectivity index (χ3v) is 9.48. The van der Waals surface area contributed by atoms with Crippen molar-refractivity contribution in [2.24, 2.45) is 0 Å². The summed E-state index contributed by atoms with van der Waals surface area (Å²) in [5.41, 5.74) is 9.93. The summed E-state index contributed by atoms with van der Waals surface area (Å²) in [5.74, 6) is 1.73. The van der Waals surface area contributed by atoms with Crippen molar-refractivity contribution in [3.05, 3.63) is 170 Å². The standard InChI is InChI=1S/C45H28N4O/c1-4-13-29(14-5-1)30-23-25-31(26-24-30)34-20-12-21-36-37-27-28-38-35-19-10-11-22-39(35)50-42(38)41(37)49(40(34)36)45-47-43(32-15-6-2-7-16-32)46-44(48-45)33-17-8-3-9-18-33/h1-28H. The number of fused-ring (bicyclic) bond motifs is 7. The molecule has 0 aliphatic heterocycles. The molecule has 234 valence electrons. The average Bonchev–Trinajstić information content (AvgIpc) is 3.75.